The summed E-state index contributed by atoms with van der Waals surface area (Å²) >= 11 is 6.13. The van der Waals surface area contributed by atoms with Gasteiger partial charge in [0.15, 0.2) is 17.8 Å². The molecule has 0 aromatic heterocycles. The van der Waals surface area contributed by atoms with Crippen LogP contribution in [0.2, 0.25) is 5.02 Å². The number of methoxy groups -OCH3 is 2. The molecule has 0 amide bonds. The van der Waals surface area contributed by atoms with Crippen LogP contribution in [0.25, 0.3) is 0 Å². The van der Waals surface area contributed by atoms with E-state index < -0.39 is 5.54 Å². The van der Waals surface area contributed by atoms with Crippen LogP contribution in [-0.2, 0) is 5.54 Å². The predicted octanol–water partition coefficient (Wildman–Crippen LogP) is 2.36. The molecule has 1 aromatic rings. The van der Waals surface area contributed by atoms with Crippen LogP contribution in [0, 0.1) is 0 Å². The number of hydrogen-bond donors (Lipinski definition) is 1. The molecule has 2 N–H and O–H groups in total. The molecule has 0 bridgehead atoms. The molecule has 0 saturated carbocycles. The van der Waals surface area contributed by atoms with Crippen LogP contribution >= 0.6 is 11.6 Å². The highest BCUT2D eigenvalue weighted by Crippen LogP contribution is 2.42. The minimum Gasteiger partial charge on any atom is -0.492 e. The summed E-state index contributed by atoms with van der Waals surface area (Å²) in [5, 5.41) is 0.386. The van der Waals surface area contributed by atoms with Crippen molar-refractivity contribution >= 4 is 17.9 Å². The van der Waals surface area contributed by atoms with Crippen molar-refractivity contribution < 1.29 is 14.3 Å². The van der Waals surface area contributed by atoms with Gasteiger partial charge in [-0.1, -0.05) is 11.6 Å². The number of carbonyl (C=O) groups is 1. The monoisotopic (exact) mass is 257 g/mol. The summed E-state index contributed by atoms with van der Waals surface area (Å²) in [6, 6.07) is 1.53. The first-order chi connectivity index (χ1) is 7.86. The van der Waals surface area contributed by atoms with Crippen LogP contribution in [0.3, 0.4) is 0 Å². The molecule has 0 fully saturated rings. The van der Waals surface area contributed by atoms with Crippen molar-refractivity contribution in [2.75, 3.05) is 14.2 Å². The van der Waals surface area contributed by atoms with E-state index in [0.717, 1.165) is 0 Å². The number of nitrogens with two attached hydrogens (primary N) is 1. The molecule has 0 aliphatic heterocycles. The molecule has 0 radical (unpaired) electrons. The highest BCUT2D eigenvalue weighted by Gasteiger charge is 2.27. The van der Waals surface area contributed by atoms with Gasteiger partial charge in [-0.05, 0) is 19.9 Å². The molecule has 0 spiro atoms. The Kier molecular flexibility index (Phi) is 4.01. The number of rotatable bonds is 4. The lowest BCUT2D eigenvalue weighted by molar-refractivity contribution is 0.112. The Bertz CT molecular complexity index is 438. The number of carbonyl (C=O) groups excluding carboxylic acids is 1. The summed E-state index contributed by atoms with van der Waals surface area (Å²) in [5.41, 5.74) is 6.29. The van der Waals surface area contributed by atoms with Crippen molar-refractivity contribution in [1.82, 2.24) is 0 Å². The van der Waals surface area contributed by atoms with Crippen molar-refractivity contribution in [3.05, 3.63) is 22.2 Å². The number of aldehydes is 1. The van der Waals surface area contributed by atoms with Crippen LogP contribution in [0.4, 0.5) is 0 Å². The smallest absolute Gasteiger partial charge is 0.171 e. The summed E-state index contributed by atoms with van der Waals surface area (Å²) in [5.74, 6) is 0.745. The fourth-order valence-electron chi connectivity index (χ4n) is 1.72. The van der Waals surface area contributed by atoms with Crippen LogP contribution in [-0.4, -0.2) is 20.5 Å². The Morgan fingerprint density at radius 3 is 2.18 bits per heavy atom. The average molecular weight is 258 g/mol. The highest BCUT2D eigenvalue weighted by atomic mass is 35.5. The summed E-state index contributed by atoms with van der Waals surface area (Å²) in [6.45, 7) is 3.60. The van der Waals surface area contributed by atoms with Gasteiger partial charge in [-0.15, -0.1) is 0 Å². The molecule has 1 rings (SSSR count). The van der Waals surface area contributed by atoms with E-state index in [-0.39, 0.29) is 0 Å². The van der Waals surface area contributed by atoms with Gasteiger partial charge in [0.2, 0.25) is 0 Å². The van der Waals surface area contributed by atoms with Gasteiger partial charge in [-0.2, -0.15) is 0 Å². The van der Waals surface area contributed by atoms with E-state index in [9.17, 15) is 4.79 Å². The topological polar surface area (TPSA) is 61.5 Å². The number of hydrogen-bond acceptors (Lipinski definition) is 4. The molecule has 5 heteroatoms. The zero-order valence-electron chi connectivity index (χ0n) is 10.3. The molecule has 0 atom stereocenters. The van der Waals surface area contributed by atoms with Crippen molar-refractivity contribution in [2.45, 2.75) is 19.4 Å². The van der Waals surface area contributed by atoms with Gasteiger partial charge >= 0.3 is 0 Å². The van der Waals surface area contributed by atoms with E-state index in [1.54, 1.807) is 13.8 Å². The second-order valence-electron chi connectivity index (χ2n) is 4.23. The molecular weight excluding hydrogens is 242 g/mol. The summed E-state index contributed by atoms with van der Waals surface area (Å²) in [4.78, 5) is 10.9. The van der Waals surface area contributed by atoms with Crippen molar-refractivity contribution in [1.29, 1.82) is 0 Å². The molecule has 4 nitrogen and oxygen atoms in total. The van der Waals surface area contributed by atoms with E-state index in [2.05, 4.69) is 0 Å². The zero-order valence-corrected chi connectivity index (χ0v) is 11.1. The lowest BCUT2D eigenvalue weighted by Gasteiger charge is -2.25. The van der Waals surface area contributed by atoms with Crippen molar-refractivity contribution in [2.24, 2.45) is 5.73 Å². The molecule has 0 heterocycles. The molecule has 17 heavy (non-hydrogen) atoms. The van der Waals surface area contributed by atoms with E-state index in [1.807, 2.05) is 0 Å². The molecule has 0 aliphatic rings. The number of halogens is 1. The third kappa shape index (κ3) is 2.53. The van der Waals surface area contributed by atoms with E-state index in [4.69, 9.17) is 26.8 Å². The Labute approximate surface area is 106 Å². The van der Waals surface area contributed by atoms with Gasteiger partial charge in [0.05, 0.1) is 24.8 Å². The third-order valence-corrected chi connectivity index (χ3v) is 2.69. The van der Waals surface area contributed by atoms with Gasteiger partial charge in [-0.25, -0.2) is 0 Å². The summed E-state index contributed by atoms with van der Waals surface area (Å²) < 4.78 is 10.4. The first-order valence-electron chi connectivity index (χ1n) is 5.05. The number of ether oxygens (including phenoxy) is 2. The highest BCUT2D eigenvalue weighted by molar-refractivity contribution is 6.32. The second-order valence-corrected chi connectivity index (χ2v) is 4.64. The third-order valence-electron chi connectivity index (χ3n) is 2.40. The maximum absolute atomic E-state index is 10.9. The Morgan fingerprint density at radius 2 is 1.82 bits per heavy atom. The first kappa shape index (κ1) is 13.8. The van der Waals surface area contributed by atoms with Crippen molar-refractivity contribution in [3.63, 3.8) is 0 Å². The van der Waals surface area contributed by atoms with Crippen molar-refractivity contribution in [3.8, 4) is 11.5 Å². The van der Waals surface area contributed by atoms with Crippen LogP contribution in [0.15, 0.2) is 6.07 Å². The van der Waals surface area contributed by atoms with E-state index in [0.29, 0.717) is 33.9 Å². The van der Waals surface area contributed by atoms with Gasteiger partial charge in [0.25, 0.3) is 0 Å². The lowest BCUT2D eigenvalue weighted by Crippen LogP contribution is -2.30. The maximum atomic E-state index is 10.9. The first-order valence-corrected chi connectivity index (χ1v) is 5.43. The molecule has 0 saturated heterocycles. The van der Waals surface area contributed by atoms with Crippen LogP contribution in [0.1, 0.15) is 29.8 Å². The largest absolute Gasteiger partial charge is 0.492 e. The average Bonchev–Trinajstić information content (AvgIpc) is 2.25. The van der Waals surface area contributed by atoms with Gasteiger partial charge in [0, 0.05) is 11.1 Å². The van der Waals surface area contributed by atoms with Crippen LogP contribution < -0.4 is 15.2 Å². The maximum Gasteiger partial charge on any atom is 0.171 e. The lowest BCUT2D eigenvalue weighted by atomic mass is 9.93. The van der Waals surface area contributed by atoms with E-state index in [1.165, 1.54) is 20.3 Å². The molecule has 0 unspecified atom stereocenters. The number of benzene rings is 1. The molecule has 0 aliphatic carbocycles. The summed E-state index contributed by atoms with van der Waals surface area (Å²) in [6.07, 6.45) is 0.667. The predicted molar refractivity (Wildman–Crippen MR) is 67.2 cm³/mol. The fourth-order valence-corrected chi connectivity index (χ4v) is 2.17. The second kappa shape index (κ2) is 4.94. The van der Waals surface area contributed by atoms with E-state index >= 15 is 0 Å². The van der Waals surface area contributed by atoms with Gasteiger partial charge in [0.1, 0.15) is 0 Å². The van der Waals surface area contributed by atoms with Gasteiger partial charge in [-0.3, -0.25) is 4.79 Å². The normalized spacial score (nSPS) is 11.2. The Morgan fingerprint density at radius 1 is 1.29 bits per heavy atom. The quantitative estimate of drug-likeness (QED) is 0.841. The standard InChI is InChI=1S/C12H16ClNO3/c1-12(2,14)9-8(13)5-7(6-15)10(16-3)11(9)17-4/h5-6H,14H2,1-4H3. The molecule has 94 valence electrons. The molecule has 1 aromatic carbocycles. The van der Waals surface area contributed by atoms with Crippen LogP contribution in [0.5, 0.6) is 11.5 Å². The fraction of sp³-hybridized carbons (Fsp3) is 0.417. The minimum absolute atomic E-state index is 0.336. The SMILES string of the molecule is COc1c(C=O)cc(Cl)c(C(C)(C)N)c1OC. The minimum atomic E-state index is -0.697. The summed E-state index contributed by atoms with van der Waals surface area (Å²) in [7, 11) is 2.95. The van der Waals surface area contributed by atoms with Gasteiger partial charge < -0.3 is 15.2 Å². The Hall–Kier alpha value is -1.26. The Balaban J connectivity index is 3.67. The zero-order chi connectivity index (χ0) is 13.2. The molecular formula is C12H16ClNO3.